The fourth-order valence-electron chi connectivity index (χ4n) is 1.46. The molecule has 0 radical (unpaired) electrons. The van der Waals surface area contributed by atoms with Crippen molar-refractivity contribution in [2.45, 2.75) is 19.4 Å². The van der Waals surface area contributed by atoms with Crippen LogP contribution in [0.1, 0.15) is 12.8 Å². The monoisotopic (exact) mass is 227 g/mol. The smallest absolute Gasteiger partial charge is 0.550 e. The Balaban J connectivity index is 0.00000128. The molecule has 0 fully saturated rings. The summed E-state index contributed by atoms with van der Waals surface area (Å²) in [5.74, 6) is -1.03. The van der Waals surface area contributed by atoms with Crippen LogP contribution in [0.4, 0.5) is 0 Å². The number of hydrogen-bond donors (Lipinski definition) is 0. The fourth-order valence-corrected chi connectivity index (χ4v) is 1.46. The number of carboxylic acid groups (broad SMARTS) is 1. The SMILES string of the molecule is O=C([O-])CCCn1nnc2ccccc21.[Na+]. The summed E-state index contributed by atoms with van der Waals surface area (Å²) >= 11 is 0. The predicted molar refractivity (Wildman–Crippen MR) is 51.8 cm³/mol. The van der Waals surface area contributed by atoms with Crippen LogP contribution in [0, 0.1) is 0 Å². The van der Waals surface area contributed by atoms with Crippen LogP contribution in [0.5, 0.6) is 0 Å². The van der Waals surface area contributed by atoms with Gasteiger partial charge in [-0.2, -0.15) is 0 Å². The summed E-state index contributed by atoms with van der Waals surface area (Å²) in [6.45, 7) is 0.550. The number of aryl methyl sites for hydroxylation is 1. The zero-order valence-corrected chi connectivity index (χ0v) is 11.1. The first-order chi connectivity index (χ1) is 7.27. The third kappa shape index (κ3) is 3.04. The molecule has 5 nitrogen and oxygen atoms in total. The van der Waals surface area contributed by atoms with Crippen LogP contribution in [0.2, 0.25) is 0 Å². The Hall–Kier alpha value is -0.910. The molecule has 0 amide bonds. The predicted octanol–water partition coefficient (Wildman–Crippen LogP) is -3.03. The number of fused-ring (bicyclic) bond motifs is 1. The average Bonchev–Trinajstić information content (AvgIpc) is 2.62. The van der Waals surface area contributed by atoms with Gasteiger partial charge in [0, 0.05) is 12.5 Å². The molecule has 78 valence electrons. The van der Waals surface area contributed by atoms with E-state index in [1.54, 1.807) is 4.68 Å². The van der Waals surface area contributed by atoms with E-state index in [4.69, 9.17) is 0 Å². The maximum absolute atomic E-state index is 10.2. The number of rotatable bonds is 4. The van der Waals surface area contributed by atoms with Gasteiger partial charge in [-0.05, 0) is 25.0 Å². The van der Waals surface area contributed by atoms with Crippen molar-refractivity contribution in [2.75, 3.05) is 0 Å². The molecule has 1 aromatic heterocycles. The summed E-state index contributed by atoms with van der Waals surface area (Å²) in [7, 11) is 0. The van der Waals surface area contributed by atoms with E-state index in [1.807, 2.05) is 24.3 Å². The molecule has 2 rings (SSSR count). The van der Waals surface area contributed by atoms with Crippen LogP contribution in [0.25, 0.3) is 11.0 Å². The number of aromatic nitrogens is 3. The first kappa shape index (κ1) is 13.2. The second-order valence-corrected chi connectivity index (χ2v) is 3.28. The van der Waals surface area contributed by atoms with Crippen LogP contribution in [0.3, 0.4) is 0 Å². The maximum Gasteiger partial charge on any atom is 1.00 e. The third-order valence-corrected chi connectivity index (χ3v) is 2.17. The summed E-state index contributed by atoms with van der Waals surface area (Å²) in [5.41, 5.74) is 1.75. The van der Waals surface area contributed by atoms with E-state index in [0.717, 1.165) is 11.0 Å². The summed E-state index contributed by atoms with van der Waals surface area (Å²) in [6, 6.07) is 7.58. The number of hydrogen-bond acceptors (Lipinski definition) is 4. The molecule has 0 atom stereocenters. The summed E-state index contributed by atoms with van der Waals surface area (Å²) in [4.78, 5) is 10.2. The molecule has 0 saturated carbocycles. The number of nitrogens with zero attached hydrogens (tertiary/aromatic N) is 3. The van der Waals surface area contributed by atoms with Crippen molar-refractivity contribution in [3.8, 4) is 0 Å². The molecule has 16 heavy (non-hydrogen) atoms. The molecule has 0 spiro atoms. The van der Waals surface area contributed by atoms with Crippen molar-refractivity contribution >= 4 is 17.0 Å². The van der Waals surface area contributed by atoms with E-state index in [-0.39, 0.29) is 36.0 Å². The zero-order valence-electron chi connectivity index (χ0n) is 9.09. The van der Waals surface area contributed by atoms with Crippen molar-refractivity contribution < 1.29 is 39.5 Å². The second-order valence-electron chi connectivity index (χ2n) is 3.28. The first-order valence-corrected chi connectivity index (χ1v) is 4.75. The van der Waals surface area contributed by atoms with Crippen molar-refractivity contribution in [1.82, 2.24) is 15.0 Å². The molecular weight excluding hydrogens is 217 g/mol. The fraction of sp³-hybridized carbons (Fsp3) is 0.300. The molecule has 1 aromatic carbocycles. The van der Waals surface area contributed by atoms with Crippen LogP contribution in [0.15, 0.2) is 24.3 Å². The van der Waals surface area contributed by atoms with Crippen LogP contribution < -0.4 is 34.7 Å². The number of carboxylic acids is 1. The Labute approximate surface area is 115 Å². The van der Waals surface area contributed by atoms with E-state index in [9.17, 15) is 9.90 Å². The van der Waals surface area contributed by atoms with Crippen molar-refractivity contribution in [1.29, 1.82) is 0 Å². The van der Waals surface area contributed by atoms with Gasteiger partial charge in [0.2, 0.25) is 0 Å². The number of carbonyl (C=O) groups excluding carboxylic acids is 1. The number of benzene rings is 1. The Morgan fingerprint density at radius 2 is 2.12 bits per heavy atom. The van der Waals surface area contributed by atoms with Gasteiger partial charge in [-0.1, -0.05) is 17.3 Å². The largest absolute Gasteiger partial charge is 1.00 e. The van der Waals surface area contributed by atoms with Gasteiger partial charge in [0.15, 0.2) is 0 Å². The summed E-state index contributed by atoms with van der Waals surface area (Å²) < 4.78 is 1.71. The minimum absolute atomic E-state index is 0. The van der Waals surface area contributed by atoms with E-state index < -0.39 is 5.97 Å². The quantitative estimate of drug-likeness (QED) is 0.521. The molecule has 0 N–H and O–H groups in total. The van der Waals surface area contributed by atoms with Gasteiger partial charge < -0.3 is 9.90 Å². The van der Waals surface area contributed by atoms with Gasteiger partial charge in [-0.3, -0.25) is 0 Å². The van der Waals surface area contributed by atoms with Gasteiger partial charge in [-0.25, -0.2) is 4.68 Å². The molecule has 2 aromatic rings. The molecular formula is C10H10N3NaO2. The minimum atomic E-state index is -1.03. The van der Waals surface area contributed by atoms with Gasteiger partial charge >= 0.3 is 29.6 Å². The van der Waals surface area contributed by atoms with E-state index in [2.05, 4.69) is 10.3 Å². The molecule has 0 unspecified atom stereocenters. The Morgan fingerprint density at radius 1 is 1.38 bits per heavy atom. The van der Waals surface area contributed by atoms with Crippen molar-refractivity contribution in [2.24, 2.45) is 0 Å². The number of para-hydroxylation sites is 1. The minimum Gasteiger partial charge on any atom is -0.550 e. The molecule has 0 saturated heterocycles. The maximum atomic E-state index is 10.2. The Morgan fingerprint density at radius 3 is 2.88 bits per heavy atom. The molecule has 0 aliphatic heterocycles. The van der Waals surface area contributed by atoms with Gasteiger partial charge in [0.25, 0.3) is 0 Å². The summed E-state index contributed by atoms with van der Waals surface area (Å²) in [5, 5.41) is 18.1. The zero-order chi connectivity index (χ0) is 10.7. The molecule has 0 aliphatic rings. The van der Waals surface area contributed by atoms with E-state index >= 15 is 0 Å². The molecule has 0 bridgehead atoms. The van der Waals surface area contributed by atoms with E-state index in [0.29, 0.717) is 13.0 Å². The third-order valence-electron chi connectivity index (χ3n) is 2.17. The number of aliphatic carboxylic acids is 1. The molecule has 0 aliphatic carbocycles. The summed E-state index contributed by atoms with van der Waals surface area (Å²) in [6.07, 6.45) is 0.559. The average molecular weight is 227 g/mol. The molecule has 1 heterocycles. The van der Waals surface area contributed by atoms with Crippen LogP contribution in [-0.2, 0) is 11.3 Å². The standard InChI is InChI=1S/C10H11N3O2.Na/c14-10(15)6-3-7-13-9-5-2-1-4-8(9)11-12-13;/h1-2,4-5H,3,6-7H2,(H,14,15);/q;+1/p-1. The van der Waals surface area contributed by atoms with Crippen LogP contribution in [-0.4, -0.2) is 21.0 Å². The Kier molecular flexibility index (Phi) is 4.92. The van der Waals surface area contributed by atoms with Crippen molar-refractivity contribution in [3.63, 3.8) is 0 Å². The first-order valence-electron chi connectivity index (χ1n) is 4.75. The Bertz CT molecular complexity index is 484. The van der Waals surface area contributed by atoms with Gasteiger partial charge in [0.05, 0.1) is 5.52 Å². The topological polar surface area (TPSA) is 70.8 Å². The normalized spacial score (nSPS) is 10.0. The van der Waals surface area contributed by atoms with Crippen molar-refractivity contribution in [3.05, 3.63) is 24.3 Å². The van der Waals surface area contributed by atoms with Gasteiger partial charge in [-0.15, -0.1) is 5.10 Å². The van der Waals surface area contributed by atoms with Gasteiger partial charge in [0.1, 0.15) is 5.52 Å². The van der Waals surface area contributed by atoms with E-state index in [1.165, 1.54) is 0 Å². The second kappa shape index (κ2) is 5.98. The van der Waals surface area contributed by atoms with Crippen LogP contribution >= 0.6 is 0 Å². The molecule has 6 heteroatoms. The number of carbonyl (C=O) groups is 1.